The number of halogens is 1. The molecule has 0 radical (unpaired) electrons. The van der Waals surface area contributed by atoms with Gasteiger partial charge in [0.2, 0.25) is 0 Å². The highest BCUT2D eigenvalue weighted by Crippen LogP contribution is 2.17. The van der Waals surface area contributed by atoms with Gasteiger partial charge in [-0.1, -0.05) is 10.1 Å². The van der Waals surface area contributed by atoms with Crippen molar-refractivity contribution in [3.05, 3.63) is 22.4 Å². The minimum Gasteiger partial charge on any atom is -0.232 e. The Bertz CT molecular complexity index is 294. The highest BCUT2D eigenvalue weighted by molar-refractivity contribution is 7.12. The van der Waals surface area contributed by atoms with Gasteiger partial charge in [-0.3, -0.25) is 0 Å². The molecular weight excluding hydrogens is 198 g/mol. The van der Waals surface area contributed by atoms with Crippen LogP contribution in [0.5, 0.6) is 0 Å². The van der Waals surface area contributed by atoms with Gasteiger partial charge in [0.05, 0.1) is 0 Å². The van der Waals surface area contributed by atoms with Crippen LogP contribution in [0.3, 0.4) is 0 Å². The van der Waals surface area contributed by atoms with Gasteiger partial charge in [-0.15, -0.1) is 11.3 Å². The fourth-order valence-electron chi connectivity index (χ4n) is 0.664. The number of rotatable bonds is 2. The number of carbonyl (C=O) groups excluding carboxylic acids is 2. The second-order valence-electron chi connectivity index (χ2n) is 2.35. The van der Waals surface area contributed by atoms with Gasteiger partial charge in [-0.25, -0.2) is 9.59 Å². The van der Waals surface area contributed by atoms with E-state index in [1.54, 1.807) is 17.5 Å². The highest BCUT2D eigenvalue weighted by Gasteiger charge is 2.32. The van der Waals surface area contributed by atoms with Crippen LogP contribution in [0.15, 0.2) is 17.5 Å². The molecular formula is C7H7ClNO2S+. The lowest BCUT2D eigenvalue weighted by Gasteiger charge is -2.10. The molecule has 1 aromatic heterocycles. The summed E-state index contributed by atoms with van der Waals surface area (Å²) in [7, 11) is 1.33. The van der Waals surface area contributed by atoms with Gasteiger partial charge in [0.25, 0.3) is 0 Å². The van der Waals surface area contributed by atoms with Crippen LogP contribution in [-0.2, 0) is 4.79 Å². The highest BCUT2D eigenvalue weighted by atomic mass is 35.5. The first-order valence-electron chi connectivity index (χ1n) is 3.18. The maximum absolute atomic E-state index is 11.4. The average Bonchev–Trinajstić information content (AvgIpc) is 2.55. The van der Waals surface area contributed by atoms with E-state index in [4.69, 9.17) is 11.8 Å². The predicted octanol–water partition coefficient (Wildman–Crippen LogP) is 1.65. The fraction of sp³-hybridized carbons (Fsp3) is 0.143. The molecule has 0 bridgehead atoms. The van der Waals surface area contributed by atoms with E-state index in [2.05, 4.69) is 0 Å². The van der Waals surface area contributed by atoms with E-state index in [1.807, 2.05) is 0 Å². The summed E-state index contributed by atoms with van der Waals surface area (Å²) in [4.78, 5) is 22.3. The lowest BCUT2D eigenvalue weighted by molar-refractivity contribution is -0.610. The van der Waals surface area contributed by atoms with E-state index in [0.717, 1.165) is 0 Å². The van der Waals surface area contributed by atoms with Crippen LogP contribution in [0.1, 0.15) is 9.67 Å². The van der Waals surface area contributed by atoms with E-state index >= 15 is 0 Å². The molecule has 1 rings (SSSR count). The van der Waals surface area contributed by atoms with Gasteiger partial charge in [-0.2, -0.15) is 0 Å². The van der Waals surface area contributed by atoms with Gasteiger partial charge in [0.15, 0.2) is 11.8 Å². The molecule has 0 aromatic carbocycles. The third-order valence-electron chi connectivity index (χ3n) is 1.33. The molecule has 1 heterocycles. The molecule has 3 nitrogen and oxygen atoms in total. The summed E-state index contributed by atoms with van der Waals surface area (Å²) in [6.07, 6.45) is 0.392. The molecule has 64 valence electrons. The van der Waals surface area contributed by atoms with Crippen molar-refractivity contribution in [3.63, 3.8) is 0 Å². The number of amides is 2. The van der Waals surface area contributed by atoms with E-state index in [9.17, 15) is 9.59 Å². The number of quaternary nitrogens is 1. The summed E-state index contributed by atoms with van der Waals surface area (Å²) in [5.41, 5.74) is 0. The number of nitrogens with zero attached hydrogens (tertiary/aromatic N) is 1. The normalized spacial score (nSPS) is 15.2. The van der Waals surface area contributed by atoms with Crippen molar-refractivity contribution in [3.8, 4) is 0 Å². The summed E-state index contributed by atoms with van der Waals surface area (Å²) < 4.78 is -0.777. The van der Waals surface area contributed by atoms with Crippen LogP contribution < -0.4 is 0 Å². The predicted molar refractivity (Wildman–Crippen MR) is 46.8 cm³/mol. The first-order chi connectivity index (χ1) is 5.58. The van der Waals surface area contributed by atoms with Gasteiger partial charge in [0, 0.05) is 0 Å². The van der Waals surface area contributed by atoms with Crippen LogP contribution in [0, 0.1) is 0 Å². The summed E-state index contributed by atoms with van der Waals surface area (Å²) in [5.74, 6) is -0.401. The largest absolute Gasteiger partial charge is 0.380 e. The molecule has 12 heavy (non-hydrogen) atoms. The quantitative estimate of drug-likeness (QED) is 0.542. The lowest BCUT2D eigenvalue weighted by Crippen LogP contribution is -2.38. The Morgan fingerprint density at radius 1 is 1.75 bits per heavy atom. The standard InChI is InChI=1S/C7H7ClNO2S/c1-9(8,5-10)7(11)6-3-2-4-12-6/h2-5H,1H3/q+1. The Labute approximate surface area is 78.9 Å². The van der Waals surface area contributed by atoms with Crippen molar-refractivity contribution in [1.29, 1.82) is 0 Å². The Morgan fingerprint density at radius 3 is 2.83 bits per heavy atom. The first kappa shape index (κ1) is 9.38. The molecule has 0 fully saturated rings. The van der Waals surface area contributed by atoms with E-state index in [1.165, 1.54) is 18.4 Å². The van der Waals surface area contributed by atoms with Crippen LogP contribution in [-0.4, -0.2) is 23.4 Å². The van der Waals surface area contributed by atoms with Crippen LogP contribution in [0.2, 0.25) is 0 Å². The molecule has 1 aromatic rings. The van der Waals surface area contributed by atoms with Crippen LogP contribution in [0.4, 0.5) is 0 Å². The third kappa shape index (κ3) is 1.72. The van der Waals surface area contributed by atoms with Crippen molar-refractivity contribution in [2.24, 2.45) is 0 Å². The third-order valence-corrected chi connectivity index (χ3v) is 2.42. The molecule has 0 saturated heterocycles. The molecule has 0 N–H and O–H groups in total. The molecule has 1 atom stereocenters. The van der Waals surface area contributed by atoms with Crippen LogP contribution >= 0.6 is 23.1 Å². The van der Waals surface area contributed by atoms with Crippen molar-refractivity contribution < 1.29 is 13.6 Å². The fourth-order valence-corrected chi connectivity index (χ4v) is 1.56. The van der Waals surface area contributed by atoms with E-state index < -0.39 is 9.91 Å². The topological polar surface area (TPSA) is 34.1 Å². The number of hydrogen-bond donors (Lipinski definition) is 0. The minimum absolute atomic E-state index is 0.392. The minimum atomic E-state index is -0.777. The molecule has 0 aliphatic rings. The van der Waals surface area contributed by atoms with Gasteiger partial charge >= 0.3 is 12.3 Å². The first-order valence-corrected chi connectivity index (χ1v) is 4.40. The van der Waals surface area contributed by atoms with Gasteiger partial charge in [0.1, 0.15) is 11.9 Å². The number of thiophene rings is 1. The lowest BCUT2D eigenvalue weighted by atomic mass is 10.4. The van der Waals surface area contributed by atoms with Crippen molar-refractivity contribution in [2.45, 2.75) is 0 Å². The van der Waals surface area contributed by atoms with E-state index in [-0.39, 0.29) is 0 Å². The molecule has 2 amide bonds. The summed E-state index contributed by atoms with van der Waals surface area (Å²) >= 11 is 6.85. The zero-order valence-corrected chi connectivity index (χ0v) is 7.93. The van der Waals surface area contributed by atoms with Crippen LogP contribution in [0.25, 0.3) is 0 Å². The van der Waals surface area contributed by atoms with Gasteiger partial charge in [-0.05, 0) is 11.4 Å². The summed E-state index contributed by atoms with van der Waals surface area (Å²) in [5, 5.41) is 1.76. The Balaban J connectivity index is 2.93. The van der Waals surface area contributed by atoms with E-state index in [0.29, 0.717) is 11.3 Å². The Kier molecular flexibility index (Phi) is 2.62. The number of hydrogen-bond acceptors (Lipinski definition) is 3. The van der Waals surface area contributed by atoms with Gasteiger partial charge < -0.3 is 0 Å². The molecule has 0 aliphatic carbocycles. The monoisotopic (exact) mass is 204 g/mol. The Morgan fingerprint density at radius 2 is 2.42 bits per heavy atom. The molecule has 5 heteroatoms. The van der Waals surface area contributed by atoms with Crippen molar-refractivity contribution >= 4 is 35.4 Å². The maximum atomic E-state index is 11.4. The Hall–Kier alpha value is -0.710. The zero-order valence-electron chi connectivity index (χ0n) is 6.36. The number of imide groups is 1. The molecule has 0 spiro atoms. The second kappa shape index (κ2) is 3.35. The molecule has 0 aliphatic heterocycles. The summed E-state index contributed by atoms with van der Waals surface area (Å²) in [6.45, 7) is 0. The SMILES string of the molecule is C[N+](Cl)(C=O)C(=O)c1cccs1. The number of carbonyl (C=O) groups is 2. The maximum Gasteiger partial charge on any atom is 0.380 e. The summed E-state index contributed by atoms with van der Waals surface area (Å²) in [6, 6.07) is 3.37. The second-order valence-corrected chi connectivity index (χ2v) is 4.00. The average molecular weight is 205 g/mol. The molecule has 1 unspecified atom stereocenters. The van der Waals surface area contributed by atoms with Crippen molar-refractivity contribution in [1.82, 2.24) is 0 Å². The molecule has 0 saturated carbocycles. The zero-order chi connectivity index (χ0) is 9.19. The van der Waals surface area contributed by atoms with Crippen molar-refractivity contribution in [2.75, 3.05) is 7.05 Å². The smallest absolute Gasteiger partial charge is 0.232 e.